The van der Waals surface area contributed by atoms with Crippen LogP contribution in [0.4, 0.5) is 0 Å². The van der Waals surface area contributed by atoms with Gasteiger partial charge in [0.15, 0.2) is 0 Å². The Morgan fingerprint density at radius 1 is 1.75 bits per heavy atom. The van der Waals surface area contributed by atoms with Crippen LogP contribution in [0.15, 0.2) is 0 Å². The Morgan fingerprint density at radius 2 is 2.50 bits per heavy atom. The third kappa shape index (κ3) is 2.23. The van der Waals surface area contributed by atoms with Gasteiger partial charge < -0.3 is 4.74 Å². The van der Waals surface area contributed by atoms with Crippen LogP contribution >= 0.6 is 0 Å². The molecule has 2 atom stereocenters. The molecule has 1 fully saturated rings. The molecule has 2 heteroatoms. The van der Waals surface area contributed by atoms with Crippen molar-refractivity contribution in [3.05, 3.63) is 0 Å². The number of hydrogen-bond acceptors (Lipinski definition) is 2. The summed E-state index contributed by atoms with van der Waals surface area (Å²) in [5, 5.41) is 3.43. The number of terminal acetylenes is 1. The van der Waals surface area contributed by atoms with Crippen LogP contribution in [0.2, 0.25) is 0 Å². The van der Waals surface area contributed by atoms with Gasteiger partial charge in [-0.3, -0.25) is 5.32 Å². The standard InChI is InChI=1S/C10H17NO/c1-4-9(5-2)11-10(3)6-7-12-8-10/h1,9,11H,5-8H2,2-3H3. The molecular weight excluding hydrogens is 150 g/mol. The largest absolute Gasteiger partial charge is 0.379 e. The van der Waals surface area contributed by atoms with Gasteiger partial charge in [0.25, 0.3) is 0 Å². The van der Waals surface area contributed by atoms with Crippen molar-refractivity contribution in [2.45, 2.75) is 38.3 Å². The van der Waals surface area contributed by atoms with E-state index in [-0.39, 0.29) is 11.6 Å². The summed E-state index contributed by atoms with van der Waals surface area (Å²) in [5.41, 5.74) is 0.104. The van der Waals surface area contributed by atoms with E-state index in [0.717, 1.165) is 26.1 Å². The van der Waals surface area contributed by atoms with Crippen LogP contribution in [0.25, 0.3) is 0 Å². The molecule has 0 saturated carbocycles. The summed E-state index contributed by atoms with van der Waals surface area (Å²) in [6.07, 6.45) is 7.41. The molecule has 12 heavy (non-hydrogen) atoms. The summed E-state index contributed by atoms with van der Waals surface area (Å²) in [7, 11) is 0. The van der Waals surface area contributed by atoms with Crippen LogP contribution in [0.5, 0.6) is 0 Å². The molecule has 0 spiro atoms. The monoisotopic (exact) mass is 167 g/mol. The predicted molar refractivity (Wildman–Crippen MR) is 49.9 cm³/mol. The molecular formula is C10H17NO. The highest BCUT2D eigenvalue weighted by Crippen LogP contribution is 2.18. The van der Waals surface area contributed by atoms with E-state index in [9.17, 15) is 0 Å². The zero-order valence-electron chi connectivity index (χ0n) is 7.89. The molecule has 2 nitrogen and oxygen atoms in total. The highest BCUT2D eigenvalue weighted by Gasteiger charge is 2.30. The zero-order valence-corrected chi connectivity index (χ0v) is 7.89. The van der Waals surface area contributed by atoms with Crippen molar-refractivity contribution in [1.82, 2.24) is 5.32 Å². The van der Waals surface area contributed by atoms with Gasteiger partial charge in [-0.25, -0.2) is 0 Å². The normalized spacial score (nSPS) is 31.4. The van der Waals surface area contributed by atoms with Gasteiger partial charge in [0.05, 0.1) is 12.6 Å². The maximum Gasteiger partial charge on any atom is 0.0689 e. The molecule has 68 valence electrons. The first-order valence-electron chi connectivity index (χ1n) is 4.52. The van der Waals surface area contributed by atoms with Gasteiger partial charge in [-0.05, 0) is 19.8 Å². The molecule has 2 unspecified atom stereocenters. The van der Waals surface area contributed by atoms with Crippen molar-refractivity contribution >= 4 is 0 Å². The number of hydrogen-bond donors (Lipinski definition) is 1. The van der Waals surface area contributed by atoms with Gasteiger partial charge in [-0.2, -0.15) is 0 Å². The van der Waals surface area contributed by atoms with Crippen molar-refractivity contribution in [2.75, 3.05) is 13.2 Å². The molecule has 0 aliphatic carbocycles. The molecule has 1 aliphatic rings. The lowest BCUT2D eigenvalue weighted by Gasteiger charge is -2.26. The van der Waals surface area contributed by atoms with E-state index in [1.165, 1.54) is 0 Å². The minimum Gasteiger partial charge on any atom is -0.379 e. The summed E-state index contributed by atoms with van der Waals surface area (Å²) in [5.74, 6) is 2.74. The topological polar surface area (TPSA) is 21.3 Å². The summed E-state index contributed by atoms with van der Waals surface area (Å²) in [4.78, 5) is 0. The van der Waals surface area contributed by atoms with E-state index >= 15 is 0 Å². The van der Waals surface area contributed by atoms with E-state index in [1.54, 1.807) is 0 Å². The Morgan fingerprint density at radius 3 is 2.92 bits per heavy atom. The SMILES string of the molecule is C#CC(CC)NC1(C)CCOC1. The van der Waals surface area contributed by atoms with Crippen LogP contribution in [0, 0.1) is 12.3 Å². The third-order valence-corrected chi connectivity index (χ3v) is 2.35. The van der Waals surface area contributed by atoms with Crippen LogP contribution in [0.1, 0.15) is 26.7 Å². The Hall–Kier alpha value is -0.520. The molecule has 0 radical (unpaired) electrons. The number of rotatable bonds is 3. The average Bonchev–Trinajstić information content (AvgIpc) is 2.48. The van der Waals surface area contributed by atoms with Crippen molar-refractivity contribution in [3.63, 3.8) is 0 Å². The quantitative estimate of drug-likeness (QED) is 0.637. The molecule has 0 bridgehead atoms. The summed E-state index contributed by atoms with van der Waals surface area (Å²) in [6.45, 7) is 5.90. The molecule has 1 aliphatic heterocycles. The summed E-state index contributed by atoms with van der Waals surface area (Å²) < 4.78 is 5.32. The molecule has 0 amide bonds. The molecule has 1 saturated heterocycles. The Balaban J connectivity index is 2.43. The minimum absolute atomic E-state index is 0.104. The highest BCUT2D eigenvalue weighted by atomic mass is 16.5. The lowest BCUT2D eigenvalue weighted by atomic mass is 10.00. The van der Waals surface area contributed by atoms with E-state index in [4.69, 9.17) is 11.2 Å². The Bertz CT molecular complexity index is 177. The fourth-order valence-electron chi connectivity index (χ4n) is 1.46. The number of nitrogens with one attached hydrogen (secondary N) is 1. The van der Waals surface area contributed by atoms with Crippen molar-refractivity contribution < 1.29 is 4.74 Å². The van der Waals surface area contributed by atoms with E-state index < -0.39 is 0 Å². The summed E-state index contributed by atoms with van der Waals surface area (Å²) in [6, 6.07) is 0.191. The maximum atomic E-state index is 5.37. The average molecular weight is 167 g/mol. The summed E-state index contributed by atoms with van der Waals surface area (Å²) >= 11 is 0. The molecule has 0 aromatic rings. The second-order valence-electron chi connectivity index (χ2n) is 3.64. The fraction of sp³-hybridized carbons (Fsp3) is 0.800. The van der Waals surface area contributed by atoms with E-state index in [2.05, 4.69) is 25.1 Å². The van der Waals surface area contributed by atoms with E-state index in [0.29, 0.717) is 0 Å². The van der Waals surface area contributed by atoms with Gasteiger partial charge in [-0.1, -0.05) is 12.8 Å². The van der Waals surface area contributed by atoms with Crippen LogP contribution in [-0.4, -0.2) is 24.8 Å². The molecule has 1 N–H and O–H groups in total. The van der Waals surface area contributed by atoms with Crippen LogP contribution in [-0.2, 0) is 4.74 Å². The molecule has 0 aromatic carbocycles. The van der Waals surface area contributed by atoms with Gasteiger partial charge in [0.1, 0.15) is 0 Å². The number of ether oxygens (including phenoxy) is 1. The Labute approximate surface area is 74.7 Å². The second kappa shape index (κ2) is 3.93. The van der Waals surface area contributed by atoms with Crippen molar-refractivity contribution in [2.24, 2.45) is 0 Å². The first-order valence-corrected chi connectivity index (χ1v) is 4.52. The minimum atomic E-state index is 0.104. The van der Waals surface area contributed by atoms with Crippen molar-refractivity contribution in [1.29, 1.82) is 0 Å². The second-order valence-corrected chi connectivity index (χ2v) is 3.64. The highest BCUT2D eigenvalue weighted by molar-refractivity contribution is 5.02. The third-order valence-electron chi connectivity index (χ3n) is 2.35. The van der Waals surface area contributed by atoms with Crippen LogP contribution in [0.3, 0.4) is 0 Å². The first-order chi connectivity index (χ1) is 5.70. The van der Waals surface area contributed by atoms with Crippen LogP contribution < -0.4 is 5.32 Å². The predicted octanol–water partition coefficient (Wildman–Crippen LogP) is 1.17. The Kier molecular flexibility index (Phi) is 3.13. The molecule has 1 rings (SSSR count). The first kappa shape index (κ1) is 9.57. The van der Waals surface area contributed by atoms with Gasteiger partial charge in [0.2, 0.25) is 0 Å². The van der Waals surface area contributed by atoms with E-state index in [1.807, 2.05) is 0 Å². The molecule has 0 aromatic heterocycles. The van der Waals surface area contributed by atoms with Crippen molar-refractivity contribution in [3.8, 4) is 12.3 Å². The smallest absolute Gasteiger partial charge is 0.0689 e. The lowest BCUT2D eigenvalue weighted by molar-refractivity contribution is 0.169. The fourth-order valence-corrected chi connectivity index (χ4v) is 1.46. The van der Waals surface area contributed by atoms with Gasteiger partial charge in [-0.15, -0.1) is 6.42 Å². The van der Waals surface area contributed by atoms with Gasteiger partial charge >= 0.3 is 0 Å². The maximum absolute atomic E-state index is 5.37. The molecule has 1 heterocycles. The zero-order chi connectivity index (χ0) is 9.03. The van der Waals surface area contributed by atoms with Gasteiger partial charge in [0, 0.05) is 12.1 Å². The lowest BCUT2D eigenvalue weighted by Crippen LogP contribution is -2.47.